The van der Waals surface area contributed by atoms with E-state index in [0.29, 0.717) is 31.1 Å². The lowest BCUT2D eigenvalue weighted by Crippen LogP contribution is -2.54. The lowest BCUT2D eigenvalue weighted by molar-refractivity contribution is -0.131. The van der Waals surface area contributed by atoms with E-state index < -0.39 is 0 Å². The van der Waals surface area contributed by atoms with Gasteiger partial charge in [-0.3, -0.25) is 9.79 Å². The molecule has 1 saturated heterocycles. The molecule has 1 aliphatic rings. The third kappa shape index (κ3) is 5.53. The Morgan fingerprint density at radius 2 is 1.81 bits per heavy atom. The summed E-state index contributed by atoms with van der Waals surface area (Å²) in [6, 6.07) is 15.6. The van der Waals surface area contributed by atoms with Gasteiger partial charge in [-0.05, 0) is 29.8 Å². The zero-order valence-electron chi connectivity index (χ0n) is 18.3. The Labute approximate surface area is 210 Å². The highest BCUT2D eigenvalue weighted by Gasteiger charge is 2.23. The number of hydrogen-bond donors (Lipinski definition) is 1. The topological polar surface area (TPSA) is 65.8 Å². The Balaban J connectivity index is 0.00000289. The van der Waals surface area contributed by atoms with Crippen LogP contribution in [0.4, 0.5) is 0 Å². The number of para-hydroxylation sites is 2. The first kappa shape index (κ1) is 24.3. The van der Waals surface area contributed by atoms with Gasteiger partial charge in [-0.25, -0.2) is 4.98 Å². The molecule has 1 amide bonds. The van der Waals surface area contributed by atoms with Gasteiger partial charge < -0.3 is 19.7 Å². The van der Waals surface area contributed by atoms with Crippen molar-refractivity contribution in [3.63, 3.8) is 0 Å². The largest absolute Gasteiger partial charge is 0.349 e. The van der Waals surface area contributed by atoms with Crippen molar-refractivity contribution in [3.05, 3.63) is 64.9 Å². The average Bonchev–Trinajstić information content (AvgIpc) is 3.10. The number of nitrogens with one attached hydrogen (secondary N) is 1. The van der Waals surface area contributed by atoms with E-state index in [9.17, 15) is 4.79 Å². The summed E-state index contributed by atoms with van der Waals surface area (Å²) in [7, 11) is 3.81. The molecule has 2 aromatic carbocycles. The SMILES string of the molecule is CN=C(NCc1nc2ccccc2n1C)N1CCN(C(=O)Cc2cccc(Cl)c2)CC1.I. The van der Waals surface area contributed by atoms with Gasteiger partial charge in [0.2, 0.25) is 5.91 Å². The zero-order valence-corrected chi connectivity index (χ0v) is 21.4. The number of amides is 1. The molecule has 3 aromatic rings. The molecule has 170 valence electrons. The molecule has 1 fully saturated rings. The summed E-state index contributed by atoms with van der Waals surface area (Å²) in [5, 5.41) is 4.08. The molecule has 0 aliphatic carbocycles. The smallest absolute Gasteiger partial charge is 0.227 e. The van der Waals surface area contributed by atoms with E-state index in [1.165, 1.54) is 0 Å². The first-order chi connectivity index (χ1) is 15.0. The number of fused-ring (bicyclic) bond motifs is 1. The lowest BCUT2D eigenvalue weighted by atomic mass is 10.1. The maximum Gasteiger partial charge on any atom is 0.227 e. The van der Waals surface area contributed by atoms with Gasteiger partial charge >= 0.3 is 0 Å². The van der Waals surface area contributed by atoms with Crippen LogP contribution in [0, 0.1) is 0 Å². The summed E-state index contributed by atoms with van der Waals surface area (Å²) in [6.07, 6.45) is 0.375. The van der Waals surface area contributed by atoms with Gasteiger partial charge in [0, 0.05) is 45.3 Å². The number of carbonyl (C=O) groups excluding carboxylic acids is 1. The van der Waals surface area contributed by atoms with Crippen LogP contribution in [0.3, 0.4) is 0 Å². The van der Waals surface area contributed by atoms with Crippen molar-refractivity contribution in [3.8, 4) is 0 Å². The molecule has 4 rings (SSSR count). The molecule has 0 radical (unpaired) electrons. The minimum Gasteiger partial charge on any atom is -0.349 e. The van der Waals surface area contributed by atoms with Crippen LogP contribution in [-0.2, 0) is 24.8 Å². The number of aliphatic imine (C=N–C) groups is 1. The molecule has 0 spiro atoms. The Bertz CT molecular complexity index is 1110. The fraction of sp³-hybridized carbons (Fsp3) is 0.348. The maximum absolute atomic E-state index is 12.7. The molecule has 32 heavy (non-hydrogen) atoms. The first-order valence-corrected chi connectivity index (χ1v) is 10.8. The summed E-state index contributed by atoms with van der Waals surface area (Å²) in [6.45, 7) is 3.41. The zero-order chi connectivity index (χ0) is 21.8. The second kappa shape index (κ2) is 11.0. The quantitative estimate of drug-likeness (QED) is 0.299. The van der Waals surface area contributed by atoms with Gasteiger partial charge in [0.15, 0.2) is 5.96 Å². The van der Waals surface area contributed by atoms with Crippen molar-refractivity contribution in [2.45, 2.75) is 13.0 Å². The fourth-order valence-corrected chi connectivity index (χ4v) is 4.16. The van der Waals surface area contributed by atoms with E-state index in [2.05, 4.69) is 25.8 Å². The highest BCUT2D eigenvalue weighted by atomic mass is 127. The van der Waals surface area contributed by atoms with E-state index in [-0.39, 0.29) is 29.9 Å². The molecule has 0 unspecified atom stereocenters. The van der Waals surface area contributed by atoms with E-state index in [1.54, 1.807) is 7.05 Å². The van der Waals surface area contributed by atoms with Crippen LogP contribution >= 0.6 is 35.6 Å². The minimum atomic E-state index is 0. The molecule has 1 aromatic heterocycles. The Morgan fingerprint density at radius 1 is 1.09 bits per heavy atom. The first-order valence-electron chi connectivity index (χ1n) is 10.4. The number of imidazole rings is 1. The molecular formula is C23H28ClIN6O. The summed E-state index contributed by atoms with van der Waals surface area (Å²) in [4.78, 5) is 25.9. The van der Waals surface area contributed by atoms with Gasteiger partial charge in [-0.1, -0.05) is 35.9 Å². The highest BCUT2D eigenvalue weighted by Crippen LogP contribution is 2.15. The van der Waals surface area contributed by atoms with Crippen molar-refractivity contribution in [2.24, 2.45) is 12.0 Å². The van der Waals surface area contributed by atoms with Crippen molar-refractivity contribution in [1.82, 2.24) is 24.7 Å². The van der Waals surface area contributed by atoms with Crippen molar-refractivity contribution < 1.29 is 4.79 Å². The summed E-state index contributed by atoms with van der Waals surface area (Å²) in [5.74, 6) is 1.91. The van der Waals surface area contributed by atoms with Crippen LogP contribution in [-0.4, -0.2) is 64.4 Å². The third-order valence-corrected chi connectivity index (χ3v) is 5.91. The summed E-state index contributed by atoms with van der Waals surface area (Å²) >= 11 is 6.03. The van der Waals surface area contributed by atoms with E-state index >= 15 is 0 Å². The number of piperazine rings is 1. The lowest BCUT2D eigenvalue weighted by Gasteiger charge is -2.36. The van der Waals surface area contributed by atoms with Crippen LogP contribution < -0.4 is 5.32 Å². The van der Waals surface area contributed by atoms with E-state index in [0.717, 1.165) is 41.5 Å². The average molecular weight is 567 g/mol. The Hall–Kier alpha value is -2.33. The fourth-order valence-electron chi connectivity index (χ4n) is 3.94. The van der Waals surface area contributed by atoms with Gasteiger partial charge in [-0.2, -0.15) is 0 Å². The second-order valence-electron chi connectivity index (χ2n) is 7.65. The minimum absolute atomic E-state index is 0. The van der Waals surface area contributed by atoms with Crippen LogP contribution in [0.5, 0.6) is 0 Å². The number of carbonyl (C=O) groups is 1. The molecule has 7 nitrogen and oxygen atoms in total. The van der Waals surface area contributed by atoms with E-state index in [1.807, 2.05) is 54.4 Å². The van der Waals surface area contributed by atoms with Crippen LogP contribution in [0.15, 0.2) is 53.5 Å². The number of hydrogen-bond acceptors (Lipinski definition) is 3. The standard InChI is InChI=1S/C23H27ClN6O.HI/c1-25-23(26-16-21-27-19-8-3-4-9-20(19)28(21)2)30-12-10-29(11-13-30)22(31)15-17-6-5-7-18(24)14-17;/h3-9,14H,10-13,15-16H2,1-2H3,(H,25,26);1H. The summed E-state index contributed by atoms with van der Waals surface area (Å²) in [5.41, 5.74) is 3.05. The predicted octanol–water partition coefficient (Wildman–Crippen LogP) is 3.31. The van der Waals surface area contributed by atoms with Crippen LogP contribution in [0.2, 0.25) is 5.02 Å². The highest BCUT2D eigenvalue weighted by molar-refractivity contribution is 14.0. The van der Waals surface area contributed by atoms with Gasteiger partial charge in [0.05, 0.1) is 24.0 Å². The molecule has 0 saturated carbocycles. The van der Waals surface area contributed by atoms with Gasteiger partial charge in [-0.15, -0.1) is 24.0 Å². The molecule has 1 N–H and O–H groups in total. The van der Waals surface area contributed by atoms with Gasteiger partial charge in [0.25, 0.3) is 0 Å². The number of aryl methyl sites for hydroxylation is 1. The normalized spacial score (nSPS) is 14.4. The van der Waals surface area contributed by atoms with Crippen molar-refractivity contribution in [2.75, 3.05) is 33.2 Å². The number of aromatic nitrogens is 2. The second-order valence-corrected chi connectivity index (χ2v) is 8.09. The molecule has 1 aliphatic heterocycles. The Morgan fingerprint density at radius 3 is 2.50 bits per heavy atom. The van der Waals surface area contributed by atoms with Gasteiger partial charge in [0.1, 0.15) is 5.82 Å². The van der Waals surface area contributed by atoms with Crippen LogP contribution in [0.1, 0.15) is 11.4 Å². The predicted molar refractivity (Wildman–Crippen MR) is 140 cm³/mol. The number of benzene rings is 2. The molecule has 0 bridgehead atoms. The van der Waals surface area contributed by atoms with E-state index in [4.69, 9.17) is 16.6 Å². The maximum atomic E-state index is 12.7. The number of halogens is 2. The number of guanidine groups is 1. The monoisotopic (exact) mass is 566 g/mol. The molecule has 9 heteroatoms. The number of rotatable bonds is 4. The molecule has 2 heterocycles. The van der Waals surface area contributed by atoms with Crippen LogP contribution in [0.25, 0.3) is 11.0 Å². The molecular weight excluding hydrogens is 539 g/mol. The summed E-state index contributed by atoms with van der Waals surface area (Å²) < 4.78 is 2.10. The third-order valence-electron chi connectivity index (χ3n) is 5.67. The molecule has 0 atom stereocenters. The number of nitrogens with zero attached hydrogens (tertiary/aromatic N) is 5. The van der Waals surface area contributed by atoms with Crippen molar-refractivity contribution >= 4 is 58.5 Å². The van der Waals surface area contributed by atoms with Crippen molar-refractivity contribution in [1.29, 1.82) is 0 Å². The Kier molecular flexibility index (Phi) is 8.36.